The zero-order valence-corrected chi connectivity index (χ0v) is 12.1. The minimum Gasteiger partial charge on any atom is -0.366 e. The zero-order valence-electron chi connectivity index (χ0n) is 12.1. The number of carbonyl (C=O) groups is 1. The van der Waals surface area contributed by atoms with E-state index < -0.39 is 6.10 Å². The van der Waals surface area contributed by atoms with Crippen LogP contribution in [-0.4, -0.2) is 12.4 Å². The molecular formula is C16H24O2. The number of ether oxygens (including phenoxy) is 1. The molecule has 0 aliphatic heterocycles. The van der Waals surface area contributed by atoms with E-state index in [9.17, 15) is 4.79 Å². The molecule has 0 bridgehead atoms. The highest BCUT2D eigenvalue weighted by Crippen LogP contribution is 2.25. The van der Waals surface area contributed by atoms with Crippen LogP contribution >= 0.6 is 0 Å². The predicted octanol–water partition coefficient (Wildman–Crippen LogP) is 4.04. The number of benzene rings is 1. The molecule has 0 radical (unpaired) electrons. The van der Waals surface area contributed by atoms with E-state index in [1.807, 2.05) is 19.1 Å². The van der Waals surface area contributed by atoms with Crippen molar-refractivity contribution in [2.24, 2.45) is 0 Å². The molecule has 1 unspecified atom stereocenters. The van der Waals surface area contributed by atoms with E-state index in [-0.39, 0.29) is 11.2 Å². The van der Waals surface area contributed by atoms with Crippen molar-refractivity contribution in [3.05, 3.63) is 35.4 Å². The van der Waals surface area contributed by atoms with Gasteiger partial charge in [-0.05, 0) is 29.9 Å². The molecule has 0 aromatic heterocycles. The maximum absolute atomic E-state index is 11.6. The lowest BCUT2D eigenvalue weighted by molar-refractivity contribution is -0.128. The van der Waals surface area contributed by atoms with Crippen LogP contribution in [0.4, 0.5) is 0 Å². The van der Waals surface area contributed by atoms with Gasteiger partial charge in [0.05, 0.1) is 0 Å². The Labute approximate surface area is 110 Å². The summed E-state index contributed by atoms with van der Waals surface area (Å²) in [4.78, 5) is 11.6. The third-order valence-corrected chi connectivity index (χ3v) is 2.94. The molecule has 0 aliphatic carbocycles. The van der Waals surface area contributed by atoms with E-state index in [1.54, 1.807) is 6.92 Å². The van der Waals surface area contributed by atoms with E-state index >= 15 is 0 Å². The van der Waals surface area contributed by atoms with Crippen molar-refractivity contribution in [2.45, 2.75) is 52.6 Å². The van der Waals surface area contributed by atoms with E-state index in [4.69, 9.17) is 4.74 Å². The van der Waals surface area contributed by atoms with E-state index in [0.29, 0.717) is 6.61 Å². The van der Waals surface area contributed by atoms with Gasteiger partial charge in [-0.1, -0.05) is 52.0 Å². The summed E-state index contributed by atoms with van der Waals surface area (Å²) in [6, 6.07) is 8.17. The van der Waals surface area contributed by atoms with Crippen LogP contribution in [0.15, 0.2) is 24.3 Å². The summed E-state index contributed by atoms with van der Waals surface area (Å²) in [6.45, 7) is 10.8. The van der Waals surface area contributed by atoms with Crippen molar-refractivity contribution < 1.29 is 9.53 Å². The molecule has 0 saturated heterocycles. The van der Waals surface area contributed by atoms with Crippen LogP contribution in [0.1, 0.15) is 58.3 Å². The fourth-order valence-electron chi connectivity index (χ4n) is 1.84. The van der Waals surface area contributed by atoms with Crippen LogP contribution in [0.25, 0.3) is 0 Å². The Morgan fingerprint density at radius 1 is 1.22 bits per heavy atom. The molecule has 1 aromatic rings. The smallest absolute Gasteiger partial charge is 0.163 e. The highest BCUT2D eigenvalue weighted by Gasteiger charge is 2.18. The van der Waals surface area contributed by atoms with Crippen LogP contribution in [0, 0.1) is 0 Å². The van der Waals surface area contributed by atoms with Gasteiger partial charge in [0.2, 0.25) is 0 Å². The zero-order chi connectivity index (χ0) is 13.8. The van der Waals surface area contributed by atoms with Crippen molar-refractivity contribution >= 4 is 5.78 Å². The molecule has 2 nitrogen and oxygen atoms in total. The maximum Gasteiger partial charge on any atom is 0.163 e. The molecule has 0 heterocycles. The summed E-state index contributed by atoms with van der Waals surface area (Å²) in [6.07, 6.45) is 0.503. The second-order valence-corrected chi connectivity index (χ2v) is 5.73. The van der Waals surface area contributed by atoms with E-state index in [1.165, 1.54) is 5.56 Å². The number of hydrogen-bond acceptors (Lipinski definition) is 2. The van der Waals surface area contributed by atoms with Crippen molar-refractivity contribution in [2.75, 3.05) is 6.61 Å². The first-order valence-corrected chi connectivity index (χ1v) is 6.58. The highest BCUT2D eigenvalue weighted by atomic mass is 16.5. The third-order valence-electron chi connectivity index (χ3n) is 2.94. The first kappa shape index (κ1) is 14.9. The number of carbonyl (C=O) groups excluding carboxylic acids is 1. The van der Waals surface area contributed by atoms with Crippen LogP contribution in [-0.2, 0) is 14.9 Å². The van der Waals surface area contributed by atoms with Gasteiger partial charge in [0.25, 0.3) is 0 Å². The summed E-state index contributed by atoms with van der Waals surface area (Å²) in [5.41, 5.74) is 2.35. The quantitative estimate of drug-likeness (QED) is 0.786. The summed E-state index contributed by atoms with van der Waals surface area (Å²) in [5, 5.41) is 0. The first-order valence-electron chi connectivity index (χ1n) is 6.58. The minimum atomic E-state index is -0.418. The van der Waals surface area contributed by atoms with Gasteiger partial charge in [-0.15, -0.1) is 0 Å². The summed E-state index contributed by atoms with van der Waals surface area (Å²) in [5.74, 6) is 0.0620. The summed E-state index contributed by atoms with van der Waals surface area (Å²) < 4.78 is 5.61. The van der Waals surface area contributed by atoms with Gasteiger partial charge in [-0.3, -0.25) is 4.79 Å². The van der Waals surface area contributed by atoms with Crippen LogP contribution < -0.4 is 0 Å². The van der Waals surface area contributed by atoms with Gasteiger partial charge in [-0.25, -0.2) is 0 Å². The monoisotopic (exact) mass is 248 g/mol. The molecule has 1 atom stereocenters. The van der Waals surface area contributed by atoms with Crippen LogP contribution in [0.3, 0.4) is 0 Å². The topological polar surface area (TPSA) is 26.3 Å². The predicted molar refractivity (Wildman–Crippen MR) is 74.8 cm³/mol. The Morgan fingerprint density at radius 2 is 1.78 bits per heavy atom. The molecule has 0 spiro atoms. The Kier molecular flexibility index (Phi) is 5.09. The third kappa shape index (κ3) is 3.95. The lowest BCUT2D eigenvalue weighted by Crippen LogP contribution is -2.15. The molecule has 0 saturated carbocycles. The molecule has 0 amide bonds. The Bertz CT molecular complexity index is 385. The van der Waals surface area contributed by atoms with Crippen molar-refractivity contribution in [1.82, 2.24) is 0 Å². The molecule has 18 heavy (non-hydrogen) atoms. The molecule has 100 valence electrons. The Morgan fingerprint density at radius 3 is 2.17 bits per heavy atom. The minimum absolute atomic E-state index is 0.0620. The first-order chi connectivity index (χ1) is 8.36. The Hall–Kier alpha value is -1.15. The SMILES string of the molecule is CCCOC(C(C)=O)c1ccc(C(C)(C)C)cc1. The van der Waals surface area contributed by atoms with Gasteiger partial charge in [0.15, 0.2) is 5.78 Å². The van der Waals surface area contributed by atoms with E-state index in [2.05, 4.69) is 32.9 Å². The van der Waals surface area contributed by atoms with Gasteiger partial charge in [-0.2, -0.15) is 0 Å². The lowest BCUT2D eigenvalue weighted by Gasteiger charge is -2.21. The van der Waals surface area contributed by atoms with Crippen LogP contribution in [0.5, 0.6) is 0 Å². The lowest BCUT2D eigenvalue weighted by atomic mass is 9.86. The standard InChI is InChI=1S/C16H24O2/c1-6-11-18-15(12(2)17)13-7-9-14(10-8-13)16(3,4)5/h7-10,15H,6,11H2,1-5H3. The van der Waals surface area contributed by atoms with Crippen molar-refractivity contribution in [3.8, 4) is 0 Å². The van der Waals surface area contributed by atoms with Gasteiger partial charge < -0.3 is 4.74 Å². The normalized spacial score (nSPS) is 13.4. The molecule has 1 rings (SSSR count). The van der Waals surface area contributed by atoms with Gasteiger partial charge >= 0.3 is 0 Å². The van der Waals surface area contributed by atoms with Crippen molar-refractivity contribution in [1.29, 1.82) is 0 Å². The number of ketones is 1. The average Bonchev–Trinajstić information content (AvgIpc) is 2.28. The summed E-state index contributed by atoms with van der Waals surface area (Å²) in [7, 11) is 0. The van der Waals surface area contributed by atoms with Gasteiger partial charge in [0.1, 0.15) is 6.10 Å². The number of Topliss-reactive ketones (excluding diaryl/α,β-unsaturated/α-hetero) is 1. The fourth-order valence-corrected chi connectivity index (χ4v) is 1.84. The molecular weight excluding hydrogens is 224 g/mol. The Balaban J connectivity index is 2.90. The molecule has 0 fully saturated rings. The molecule has 0 aliphatic rings. The van der Waals surface area contributed by atoms with E-state index in [0.717, 1.165) is 12.0 Å². The second kappa shape index (κ2) is 6.14. The van der Waals surface area contributed by atoms with Gasteiger partial charge in [0, 0.05) is 6.61 Å². The molecule has 1 aromatic carbocycles. The number of hydrogen-bond donors (Lipinski definition) is 0. The second-order valence-electron chi connectivity index (χ2n) is 5.73. The average molecular weight is 248 g/mol. The molecule has 2 heteroatoms. The maximum atomic E-state index is 11.6. The largest absolute Gasteiger partial charge is 0.366 e. The highest BCUT2D eigenvalue weighted by molar-refractivity contribution is 5.81. The van der Waals surface area contributed by atoms with Crippen LogP contribution in [0.2, 0.25) is 0 Å². The fraction of sp³-hybridized carbons (Fsp3) is 0.562. The van der Waals surface area contributed by atoms with Crippen molar-refractivity contribution in [3.63, 3.8) is 0 Å². The molecule has 0 N–H and O–H groups in total. The number of rotatable bonds is 5. The summed E-state index contributed by atoms with van der Waals surface area (Å²) >= 11 is 0.